The summed E-state index contributed by atoms with van der Waals surface area (Å²) >= 11 is 0. The second-order valence-electron chi connectivity index (χ2n) is 27.8. The highest BCUT2D eigenvalue weighted by atomic mass is 15.4. The third-order valence-corrected chi connectivity index (χ3v) is 21.4. The maximum atomic E-state index is 9.78. The summed E-state index contributed by atoms with van der Waals surface area (Å²) in [6.45, 7) is 0. The van der Waals surface area contributed by atoms with Crippen LogP contribution in [0.3, 0.4) is 0 Å². The molecule has 20 aromatic rings. The number of amidine groups is 4. The molecule has 0 fully saturated rings. The van der Waals surface area contributed by atoms with Gasteiger partial charge in [0.15, 0.2) is 23.3 Å². The smallest absolute Gasteiger partial charge is 0.154 e. The van der Waals surface area contributed by atoms with Crippen molar-refractivity contribution >= 4 is 111 Å². The van der Waals surface area contributed by atoms with Crippen LogP contribution in [0.4, 0.5) is 0 Å². The van der Waals surface area contributed by atoms with Crippen molar-refractivity contribution in [1.82, 2.24) is 18.5 Å². The first-order chi connectivity index (χ1) is 54.4. The molecule has 4 aromatic heterocycles. The highest BCUT2D eigenvalue weighted by molar-refractivity contribution is 6.28. The van der Waals surface area contributed by atoms with Crippen molar-refractivity contribution in [3.8, 4) is 67.0 Å². The van der Waals surface area contributed by atoms with E-state index in [9.17, 15) is 10.8 Å². The van der Waals surface area contributed by atoms with Gasteiger partial charge in [-0.1, -0.05) is 315 Å². The summed E-state index contributed by atoms with van der Waals surface area (Å²) in [5.41, 5.74) is 32.0. The van der Waals surface area contributed by atoms with Crippen LogP contribution in [0, 0.1) is 10.8 Å². The van der Waals surface area contributed by atoms with Gasteiger partial charge in [0.2, 0.25) is 0 Å². The second kappa shape index (κ2) is 27.2. The van der Waals surface area contributed by atoms with E-state index in [1.165, 1.54) is 21.5 Å². The van der Waals surface area contributed by atoms with E-state index in [1.807, 2.05) is 72.8 Å². The minimum atomic E-state index is 0.123. The van der Waals surface area contributed by atoms with E-state index in [0.717, 1.165) is 144 Å². The number of aliphatic imine (C=N–C) groups is 2. The predicted molar refractivity (Wildman–Crippen MR) is 460 cm³/mol. The van der Waals surface area contributed by atoms with Crippen LogP contribution >= 0.6 is 0 Å². The van der Waals surface area contributed by atoms with Crippen LogP contribution in [0.25, 0.3) is 154 Å². The third-order valence-electron chi connectivity index (χ3n) is 21.4. The zero-order valence-corrected chi connectivity index (χ0v) is 59.6. The Morgan fingerprint density at radius 2 is 0.545 bits per heavy atom. The van der Waals surface area contributed by atoms with E-state index >= 15 is 0 Å². The molecule has 518 valence electrons. The van der Waals surface area contributed by atoms with Crippen LogP contribution in [0.2, 0.25) is 0 Å². The Morgan fingerprint density at radius 1 is 0.218 bits per heavy atom. The monoisotopic (exact) mass is 1410 g/mol. The van der Waals surface area contributed by atoms with Gasteiger partial charge < -0.3 is 9.13 Å². The van der Waals surface area contributed by atoms with E-state index < -0.39 is 0 Å². The highest BCUT2D eigenvalue weighted by Gasteiger charge is 2.25. The molecule has 0 aliphatic rings. The van der Waals surface area contributed by atoms with Crippen LogP contribution in [-0.4, -0.2) is 41.8 Å². The minimum Gasteiger partial charge on any atom is -0.309 e. The Bertz CT molecular complexity index is 7070. The van der Waals surface area contributed by atoms with E-state index in [0.29, 0.717) is 22.8 Å². The van der Waals surface area contributed by atoms with E-state index in [1.54, 1.807) is 0 Å². The molecule has 0 bridgehead atoms. The summed E-state index contributed by atoms with van der Waals surface area (Å²) in [4.78, 5) is 10.4. The fraction of sp³-hybridized carbons (Fsp3) is 0. The Hall–Kier alpha value is -15.0. The molecule has 110 heavy (non-hydrogen) atoms. The molecule has 16 aromatic carbocycles. The lowest BCUT2D eigenvalue weighted by Gasteiger charge is -2.15. The van der Waals surface area contributed by atoms with Gasteiger partial charge in [0.1, 0.15) is 0 Å². The maximum Gasteiger partial charge on any atom is 0.154 e. The van der Waals surface area contributed by atoms with Gasteiger partial charge in [-0.15, -0.1) is 0 Å². The standard InChI is InChI=1S/C100H68N10/c101-97(71-54-50-67(51-55-71)65-24-5-1-6-25-65)103-100(106-110-89-44-19-15-40-85(89)93-91(110)60-58-83-81-38-13-17-42-87(81)107(95(83)93)79-35-11-4-12-36-79)73-56-52-69(53-57-73)68-46-48-70(49-47-68)74-30-21-31-75(62-74)76-32-22-34-78(63-76)98(102)104-99(72-28-9-3-10-29-72)105-109-90-45-20-16-41-86(90)94-92(109)61-59-84-82-39-14-18-43-88(82)108(96(84)94)80-37-23-33-77(64-80)66-26-7-2-8-27-66/h1-64H,(H2,101,103,106)(H2,102,104,105). The number of rotatable bonds is 13. The number of hydrogen-bond donors (Lipinski definition) is 4. The van der Waals surface area contributed by atoms with E-state index in [-0.39, 0.29) is 11.7 Å². The van der Waals surface area contributed by atoms with Crippen molar-refractivity contribution < 1.29 is 0 Å². The molecule has 0 amide bonds. The van der Waals surface area contributed by atoms with E-state index in [2.05, 4.69) is 345 Å². The molecule has 0 saturated heterocycles. The second-order valence-corrected chi connectivity index (χ2v) is 27.8. The molecule has 10 heteroatoms. The van der Waals surface area contributed by atoms with Crippen molar-refractivity contribution in [2.45, 2.75) is 0 Å². The first-order valence-electron chi connectivity index (χ1n) is 37.0. The molecule has 0 saturated carbocycles. The van der Waals surface area contributed by atoms with Crippen molar-refractivity contribution in [2.75, 3.05) is 10.9 Å². The van der Waals surface area contributed by atoms with Gasteiger partial charge in [-0.05, 0) is 128 Å². The van der Waals surface area contributed by atoms with Crippen molar-refractivity contribution in [3.63, 3.8) is 0 Å². The summed E-state index contributed by atoms with van der Waals surface area (Å²) in [5, 5.41) is 28.5. The number of aromatic nitrogens is 4. The summed E-state index contributed by atoms with van der Waals surface area (Å²) in [5.74, 6) is 1.32. The molecule has 0 unspecified atom stereocenters. The average Bonchev–Trinajstić information content (AvgIpc) is 1.55. The molecule has 0 aliphatic heterocycles. The lowest BCUT2D eigenvalue weighted by molar-refractivity contribution is 1.08. The van der Waals surface area contributed by atoms with Crippen molar-refractivity contribution in [3.05, 3.63) is 411 Å². The highest BCUT2D eigenvalue weighted by Crippen LogP contribution is 2.44. The van der Waals surface area contributed by atoms with Crippen molar-refractivity contribution in [2.24, 2.45) is 9.98 Å². The Balaban J connectivity index is 0.605. The third kappa shape index (κ3) is 11.4. The molecule has 0 atom stereocenters. The Labute approximate surface area is 634 Å². The van der Waals surface area contributed by atoms with E-state index in [4.69, 9.17) is 9.98 Å². The largest absolute Gasteiger partial charge is 0.309 e. The normalized spacial score (nSPS) is 12.0. The molecule has 0 aliphatic carbocycles. The quantitative estimate of drug-likeness (QED) is 0.0680. The summed E-state index contributed by atoms with van der Waals surface area (Å²) in [7, 11) is 0. The van der Waals surface area contributed by atoms with Gasteiger partial charge in [-0.25, -0.2) is 9.98 Å². The van der Waals surface area contributed by atoms with Gasteiger partial charge in [-0.2, -0.15) is 0 Å². The molecule has 4 N–H and O–H groups in total. The zero-order valence-electron chi connectivity index (χ0n) is 59.6. The Kier molecular flexibility index (Phi) is 16.0. The van der Waals surface area contributed by atoms with Gasteiger partial charge >= 0.3 is 0 Å². The number of hydrogen-bond acceptors (Lipinski definition) is 2. The Morgan fingerprint density at radius 3 is 1.07 bits per heavy atom. The van der Waals surface area contributed by atoms with Gasteiger partial charge in [0.05, 0.1) is 44.1 Å². The summed E-state index contributed by atoms with van der Waals surface area (Å²) in [6, 6.07) is 136. The molecule has 4 heterocycles. The predicted octanol–water partition coefficient (Wildman–Crippen LogP) is 24.5. The molecule has 0 spiro atoms. The minimum absolute atomic E-state index is 0.123. The summed E-state index contributed by atoms with van der Waals surface area (Å²) < 4.78 is 9.08. The number of nitrogens with one attached hydrogen (secondary N) is 4. The number of para-hydroxylation sites is 5. The topological polar surface area (TPSA) is 116 Å². The fourth-order valence-electron chi connectivity index (χ4n) is 16.1. The summed E-state index contributed by atoms with van der Waals surface area (Å²) in [6.07, 6.45) is 0. The van der Waals surface area contributed by atoms with Crippen LogP contribution in [0.5, 0.6) is 0 Å². The molecule has 20 rings (SSSR count). The molecular weight excluding hydrogens is 1340 g/mol. The maximum absolute atomic E-state index is 9.78. The van der Waals surface area contributed by atoms with Crippen LogP contribution in [-0.2, 0) is 0 Å². The van der Waals surface area contributed by atoms with Gasteiger partial charge in [0, 0.05) is 76.7 Å². The zero-order chi connectivity index (χ0) is 73.2. The number of nitrogens with zero attached hydrogens (tertiary/aromatic N) is 6. The lowest BCUT2D eigenvalue weighted by atomic mass is 9.96. The number of benzene rings is 16. The lowest BCUT2D eigenvalue weighted by Crippen LogP contribution is -2.25. The SMILES string of the molecule is N=C(/N=C(\Nn1c2ccccc2c2c1ccc1c3ccccc3n(-c3ccccc3)c12)c1ccc(-c2ccc(-c3cccc(-c4cccc(C(=N)/N=C(\Nn5c6ccccc6c6c5ccc5c7ccccc7n(-c7cccc(-c8ccccc8)c7)c56)c5ccccc5)c4)c3)cc2)cc1)c1ccc(-c2ccccc2)cc1. The average molecular weight is 1410 g/mol. The van der Waals surface area contributed by atoms with Gasteiger partial charge in [-0.3, -0.25) is 31.0 Å². The number of fused-ring (bicyclic) bond motifs is 14. The van der Waals surface area contributed by atoms with Gasteiger partial charge in [0.25, 0.3) is 0 Å². The first-order valence-corrected chi connectivity index (χ1v) is 37.0. The molecule has 0 radical (unpaired) electrons. The van der Waals surface area contributed by atoms with Crippen LogP contribution in [0.1, 0.15) is 22.3 Å². The van der Waals surface area contributed by atoms with Crippen molar-refractivity contribution in [1.29, 1.82) is 10.8 Å². The molecule has 10 nitrogen and oxygen atoms in total. The van der Waals surface area contributed by atoms with Crippen LogP contribution < -0.4 is 10.9 Å². The molecular formula is C100H68N10. The fourth-order valence-corrected chi connectivity index (χ4v) is 16.1. The van der Waals surface area contributed by atoms with Crippen LogP contribution in [0.15, 0.2) is 398 Å². The first kappa shape index (κ1) is 64.6.